The minimum Gasteiger partial charge on any atom is -0.340 e. The van der Waals surface area contributed by atoms with Gasteiger partial charge in [-0.05, 0) is 49.1 Å². The van der Waals surface area contributed by atoms with Crippen molar-refractivity contribution in [3.63, 3.8) is 0 Å². The van der Waals surface area contributed by atoms with Gasteiger partial charge in [0.1, 0.15) is 6.04 Å². The molecule has 1 unspecified atom stereocenters. The largest absolute Gasteiger partial charge is 0.340 e. The molecule has 6 heteroatoms. The monoisotopic (exact) mass is 416 g/mol. The number of rotatable bonds is 4. The van der Waals surface area contributed by atoms with Crippen molar-refractivity contribution in [1.82, 2.24) is 14.7 Å². The third kappa shape index (κ3) is 4.95. The fraction of sp³-hybridized carbons (Fsp3) is 0.400. The highest BCUT2D eigenvalue weighted by Gasteiger charge is 2.37. The number of carbonyl (C=O) groups is 2. The van der Waals surface area contributed by atoms with Crippen LogP contribution in [-0.2, 0) is 11.3 Å². The molecule has 0 aromatic heterocycles. The average molecular weight is 417 g/mol. The van der Waals surface area contributed by atoms with Crippen LogP contribution in [-0.4, -0.2) is 65.3 Å². The van der Waals surface area contributed by atoms with Crippen LogP contribution in [0.5, 0.6) is 0 Å². The number of carbonyl (C=O) groups excluding carboxylic acids is 2. The van der Waals surface area contributed by atoms with Gasteiger partial charge in [-0.2, -0.15) is 5.26 Å². The molecule has 0 radical (unpaired) electrons. The molecule has 0 N–H and O–H groups in total. The molecule has 2 aromatic rings. The van der Waals surface area contributed by atoms with E-state index in [4.69, 9.17) is 5.26 Å². The lowest BCUT2D eigenvalue weighted by atomic mass is 10.1. The maximum Gasteiger partial charge on any atom is 0.254 e. The second kappa shape index (κ2) is 9.76. The Hall–Kier alpha value is -3.17. The maximum atomic E-state index is 13.3. The molecule has 2 aliphatic heterocycles. The number of nitriles is 1. The molecule has 2 aromatic carbocycles. The molecule has 2 heterocycles. The summed E-state index contributed by atoms with van der Waals surface area (Å²) in [5.41, 5.74) is 2.49. The maximum absolute atomic E-state index is 13.3. The van der Waals surface area contributed by atoms with Crippen molar-refractivity contribution < 1.29 is 9.59 Å². The van der Waals surface area contributed by atoms with Gasteiger partial charge >= 0.3 is 0 Å². The summed E-state index contributed by atoms with van der Waals surface area (Å²) in [4.78, 5) is 32.3. The van der Waals surface area contributed by atoms with E-state index >= 15 is 0 Å². The standard InChI is InChI=1S/C25H28N4O2/c26-18-20-9-11-21(12-10-20)19-27-13-5-14-28(17-16-27)25(31)23-8-4-15-29(23)24(30)22-6-2-1-3-7-22/h1-3,6-7,9-12,23H,4-5,8,13-17,19H2. The number of likely N-dealkylation sites (tertiary alicyclic amines) is 1. The molecule has 0 spiro atoms. The summed E-state index contributed by atoms with van der Waals surface area (Å²) in [6.07, 6.45) is 2.53. The quantitative estimate of drug-likeness (QED) is 0.769. The van der Waals surface area contributed by atoms with E-state index in [1.54, 1.807) is 4.90 Å². The first kappa shape index (κ1) is 21.1. The molecule has 2 aliphatic rings. The van der Waals surface area contributed by atoms with Gasteiger partial charge in [-0.1, -0.05) is 30.3 Å². The van der Waals surface area contributed by atoms with Crippen molar-refractivity contribution in [2.24, 2.45) is 0 Å². The molecule has 31 heavy (non-hydrogen) atoms. The molecule has 4 rings (SSSR count). The van der Waals surface area contributed by atoms with Crippen molar-refractivity contribution in [3.05, 3.63) is 71.3 Å². The van der Waals surface area contributed by atoms with Gasteiger partial charge in [0.2, 0.25) is 5.91 Å². The van der Waals surface area contributed by atoms with E-state index < -0.39 is 0 Å². The van der Waals surface area contributed by atoms with E-state index in [0.29, 0.717) is 24.2 Å². The van der Waals surface area contributed by atoms with E-state index in [-0.39, 0.29) is 17.9 Å². The van der Waals surface area contributed by atoms with Crippen LogP contribution < -0.4 is 0 Å². The van der Waals surface area contributed by atoms with Gasteiger partial charge < -0.3 is 9.80 Å². The third-order valence-electron chi connectivity index (χ3n) is 6.21. The molecule has 0 saturated carbocycles. The minimum absolute atomic E-state index is 0.0475. The summed E-state index contributed by atoms with van der Waals surface area (Å²) in [6, 6.07) is 18.7. The highest BCUT2D eigenvalue weighted by molar-refractivity contribution is 5.97. The Bertz CT molecular complexity index is 952. The molecular weight excluding hydrogens is 388 g/mol. The van der Waals surface area contributed by atoms with Crippen LogP contribution in [0.3, 0.4) is 0 Å². The smallest absolute Gasteiger partial charge is 0.254 e. The van der Waals surface area contributed by atoms with Crippen LogP contribution in [0.4, 0.5) is 0 Å². The Kier molecular flexibility index (Phi) is 6.63. The molecule has 160 valence electrons. The third-order valence-corrected chi connectivity index (χ3v) is 6.21. The lowest BCUT2D eigenvalue weighted by Gasteiger charge is -2.30. The Morgan fingerprint density at radius 1 is 0.903 bits per heavy atom. The van der Waals surface area contributed by atoms with Crippen molar-refractivity contribution in [2.75, 3.05) is 32.7 Å². The van der Waals surface area contributed by atoms with E-state index in [2.05, 4.69) is 11.0 Å². The van der Waals surface area contributed by atoms with Crippen LogP contribution in [0, 0.1) is 11.3 Å². The average Bonchev–Trinajstić information content (AvgIpc) is 3.19. The summed E-state index contributed by atoms with van der Waals surface area (Å²) < 4.78 is 0. The highest BCUT2D eigenvalue weighted by Crippen LogP contribution is 2.23. The zero-order valence-corrected chi connectivity index (χ0v) is 17.7. The van der Waals surface area contributed by atoms with E-state index in [1.165, 1.54) is 5.56 Å². The minimum atomic E-state index is -0.349. The fourth-order valence-electron chi connectivity index (χ4n) is 4.52. The molecule has 2 fully saturated rings. The Balaban J connectivity index is 1.36. The van der Waals surface area contributed by atoms with Crippen LogP contribution in [0.1, 0.15) is 40.7 Å². The molecule has 0 aliphatic carbocycles. The number of hydrogen-bond acceptors (Lipinski definition) is 4. The van der Waals surface area contributed by atoms with Gasteiger partial charge in [-0.25, -0.2) is 0 Å². The SMILES string of the molecule is N#Cc1ccc(CN2CCCN(C(=O)C3CCCN3C(=O)c3ccccc3)CC2)cc1. The molecule has 1 atom stereocenters. The van der Waals surface area contributed by atoms with Crippen LogP contribution >= 0.6 is 0 Å². The first-order chi connectivity index (χ1) is 15.2. The fourth-order valence-corrected chi connectivity index (χ4v) is 4.52. The van der Waals surface area contributed by atoms with Crippen molar-refractivity contribution in [2.45, 2.75) is 31.8 Å². The zero-order valence-electron chi connectivity index (χ0n) is 17.7. The Labute approximate surface area is 183 Å². The van der Waals surface area contributed by atoms with Crippen LogP contribution in [0.15, 0.2) is 54.6 Å². The Morgan fingerprint density at radius 3 is 2.42 bits per heavy atom. The summed E-state index contributed by atoms with van der Waals surface area (Å²) in [6.45, 7) is 4.61. The number of amides is 2. The number of benzene rings is 2. The van der Waals surface area contributed by atoms with Gasteiger partial charge in [0.15, 0.2) is 0 Å². The number of hydrogen-bond donors (Lipinski definition) is 0. The predicted octanol–water partition coefficient (Wildman–Crippen LogP) is 2.90. The van der Waals surface area contributed by atoms with E-state index in [1.807, 2.05) is 59.5 Å². The topological polar surface area (TPSA) is 67.7 Å². The first-order valence-corrected chi connectivity index (χ1v) is 11.0. The normalized spacial score (nSPS) is 19.6. The molecule has 2 saturated heterocycles. The van der Waals surface area contributed by atoms with Crippen LogP contribution in [0.2, 0.25) is 0 Å². The summed E-state index contributed by atoms with van der Waals surface area (Å²) >= 11 is 0. The van der Waals surface area contributed by atoms with E-state index in [0.717, 1.165) is 45.4 Å². The van der Waals surface area contributed by atoms with Crippen molar-refractivity contribution in [1.29, 1.82) is 5.26 Å². The summed E-state index contributed by atoms with van der Waals surface area (Å²) in [5.74, 6) is 0.0377. The van der Waals surface area contributed by atoms with Gasteiger partial charge in [-0.15, -0.1) is 0 Å². The molecule has 6 nitrogen and oxygen atoms in total. The molecular formula is C25H28N4O2. The zero-order chi connectivity index (χ0) is 21.6. The van der Waals surface area contributed by atoms with Gasteiger partial charge in [0.05, 0.1) is 11.6 Å². The van der Waals surface area contributed by atoms with Gasteiger partial charge in [-0.3, -0.25) is 14.5 Å². The van der Waals surface area contributed by atoms with Gasteiger partial charge in [0, 0.05) is 44.8 Å². The summed E-state index contributed by atoms with van der Waals surface area (Å²) in [5, 5.41) is 8.95. The lowest BCUT2D eigenvalue weighted by Crippen LogP contribution is -2.48. The molecule has 0 bridgehead atoms. The van der Waals surface area contributed by atoms with Crippen molar-refractivity contribution >= 4 is 11.8 Å². The van der Waals surface area contributed by atoms with Crippen LogP contribution in [0.25, 0.3) is 0 Å². The van der Waals surface area contributed by atoms with Gasteiger partial charge in [0.25, 0.3) is 5.91 Å². The molecule has 2 amide bonds. The predicted molar refractivity (Wildman–Crippen MR) is 118 cm³/mol. The second-order valence-electron chi connectivity index (χ2n) is 8.29. The Morgan fingerprint density at radius 2 is 1.68 bits per heavy atom. The highest BCUT2D eigenvalue weighted by atomic mass is 16.2. The summed E-state index contributed by atoms with van der Waals surface area (Å²) in [7, 11) is 0. The van der Waals surface area contributed by atoms with E-state index in [9.17, 15) is 9.59 Å². The number of nitrogens with zero attached hydrogens (tertiary/aromatic N) is 4. The second-order valence-corrected chi connectivity index (χ2v) is 8.29. The first-order valence-electron chi connectivity index (χ1n) is 11.0. The lowest BCUT2D eigenvalue weighted by molar-refractivity contribution is -0.135. The van der Waals surface area contributed by atoms with Crippen molar-refractivity contribution in [3.8, 4) is 6.07 Å².